The standard InChI is InChI=1S/C38H31N2S.C13H12N.Ir/c1-25-21-29(26-13-7-5-8-14-26)36(30(22-25)27-15-9-6-10-16-27)40-34-18-12-11-17-33(34)39-37(40)32-24-41-35-20-19-28(23-31(32)35)38(2,3)4;1-10-3-6-12(7-4-10)13-8-5-11(2)9-14-13;/h5-23H,1-4H3;3-6,8-9H,1-2H3;/q2*-1;/i;1D3,2D3;. The summed E-state index contributed by atoms with van der Waals surface area (Å²) in [7, 11) is 0. The van der Waals surface area contributed by atoms with Crippen LogP contribution in [0.4, 0.5) is 0 Å². The van der Waals surface area contributed by atoms with Gasteiger partial charge in [-0.3, -0.25) is 16.3 Å². The van der Waals surface area contributed by atoms with Crippen molar-refractivity contribution in [2.24, 2.45) is 0 Å². The average Bonchev–Trinajstić information content (AvgIpc) is 3.85. The van der Waals surface area contributed by atoms with Gasteiger partial charge in [0.1, 0.15) is 0 Å². The maximum Gasteiger partial charge on any atom is 0.0774 e. The molecule has 0 aliphatic rings. The predicted octanol–water partition coefficient (Wildman–Crippen LogP) is 13.8. The van der Waals surface area contributed by atoms with Crippen molar-refractivity contribution >= 4 is 32.5 Å². The van der Waals surface area contributed by atoms with E-state index in [1.165, 1.54) is 67.9 Å². The molecule has 0 amide bonds. The first-order chi connectivity index (χ1) is 29.1. The number of benzene rings is 6. The van der Waals surface area contributed by atoms with Crippen molar-refractivity contribution in [2.75, 3.05) is 0 Å². The number of rotatable bonds is 5. The third-order valence-corrected chi connectivity index (χ3v) is 10.5. The summed E-state index contributed by atoms with van der Waals surface area (Å²) < 4.78 is 47.2. The smallest absolute Gasteiger partial charge is 0.0774 e. The maximum absolute atomic E-state index is 7.28. The summed E-state index contributed by atoms with van der Waals surface area (Å²) in [6.07, 6.45) is 1.30. The maximum atomic E-state index is 7.28. The van der Waals surface area contributed by atoms with Gasteiger partial charge in [0.25, 0.3) is 0 Å². The van der Waals surface area contributed by atoms with E-state index >= 15 is 0 Å². The molecule has 0 fully saturated rings. The minimum Gasteiger partial charge on any atom is -0.332 e. The number of nitrogens with zero attached hydrogens (tertiary/aromatic N) is 3. The molecule has 9 aromatic rings. The van der Waals surface area contributed by atoms with E-state index in [0.29, 0.717) is 11.3 Å². The molecule has 279 valence electrons. The van der Waals surface area contributed by atoms with Crippen molar-refractivity contribution in [1.82, 2.24) is 14.5 Å². The van der Waals surface area contributed by atoms with Gasteiger partial charge in [-0.2, -0.15) is 0 Å². The largest absolute Gasteiger partial charge is 0.332 e. The van der Waals surface area contributed by atoms with E-state index in [0.717, 1.165) is 28.1 Å². The van der Waals surface area contributed by atoms with Crippen molar-refractivity contribution in [3.8, 4) is 50.6 Å². The van der Waals surface area contributed by atoms with E-state index in [1.54, 1.807) is 23.5 Å². The van der Waals surface area contributed by atoms with E-state index in [1.807, 2.05) is 0 Å². The van der Waals surface area contributed by atoms with Gasteiger partial charge in [-0.15, -0.1) is 46.8 Å². The number of pyridine rings is 1. The Morgan fingerprint density at radius 3 is 1.96 bits per heavy atom. The van der Waals surface area contributed by atoms with Gasteiger partial charge < -0.3 is 9.55 Å². The number of thiophene rings is 1. The summed E-state index contributed by atoms with van der Waals surface area (Å²) in [5.74, 6) is 0.918. The van der Waals surface area contributed by atoms with Gasteiger partial charge in [0.05, 0.1) is 22.5 Å². The van der Waals surface area contributed by atoms with Crippen LogP contribution in [0, 0.1) is 32.1 Å². The van der Waals surface area contributed by atoms with E-state index in [9.17, 15) is 0 Å². The van der Waals surface area contributed by atoms with Crippen LogP contribution in [0.15, 0.2) is 152 Å². The summed E-state index contributed by atoms with van der Waals surface area (Å²) in [5, 5.41) is 4.87. The zero-order chi connectivity index (χ0) is 43.1. The molecule has 0 unspecified atom stereocenters. The molecule has 6 aromatic carbocycles. The fourth-order valence-electron chi connectivity index (χ4n) is 6.86. The SMILES string of the molecule is Cc1cc(-c2ccccc2)c(-n2c(-c3[c-]sc4ccc(C(C)(C)C)cc34)nc3ccccc32)c(-c2ccccc2)c1.[2H]C([2H])([2H])c1c[c-]c(-c2ccc(C([2H])([2H])[2H])cn2)cc1.[Ir]. The van der Waals surface area contributed by atoms with Crippen LogP contribution in [-0.2, 0) is 25.5 Å². The Hall–Kier alpha value is -5.45. The summed E-state index contributed by atoms with van der Waals surface area (Å²) in [6, 6.07) is 51.8. The zero-order valence-corrected chi connectivity index (χ0v) is 34.7. The van der Waals surface area contributed by atoms with Gasteiger partial charge >= 0.3 is 0 Å². The van der Waals surface area contributed by atoms with E-state index in [2.05, 4.69) is 164 Å². The van der Waals surface area contributed by atoms with E-state index in [-0.39, 0.29) is 36.6 Å². The Morgan fingerprint density at radius 2 is 1.36 bits per heavy atom. The summed E-state index contributed by atoms with van der Waals surface area (Å²) >= 11 is 1.67. The minimum absolute atomic E-state index is 0. The second kappa shape index (κ2) is 16.3. The summed E-state index contributed by atoms with van der Waals surface area (Å²) in [5.41, 5.74) is 13.1. The van der Waals surface area contributed by atoms with Gasteiger partial charge in [-0.25, -0.2) is 0 Å². The van der Waals surface area contributed by atoms with Crippen molar-refractivity contribution in [1.29, 1.82) is 0 Å². The summed E-state index contributed by atoms with van der Waals surface area (Å²) in [4.78, 5) is 9.38. The molecule has 0 atom stereocenters. The average molecular weight is 928 g/mol. The number of aromatic nitrogens is 3. The topological polar surface area (TPSA) is 30.7 Å². The van der Waals surface area contributed by atoms with Gasteiger partial charge in [0.15, 0.2) is 0 Å². The number of aryl methyl sites for hydroxylation is 3. The Balaban J connectivity index is 0.000000233. The molecule has 0 saturated carbocycles. The number of hydrogen-bond acceptors (Lipinski definition) is 3. The van der Waals surface area contributed by atoms with Crippen LogP contribution in [0.2, 0.25) is 0 Å². The number of imidazole rings is 1. The molecule has 3 nitrogen and oxygen atoms in total. The molecule has 0 spiro atoms. The molecule has 9 rings (SSSR count). The number of fused-ring (bicyclic) bond motifs is 2. The van der Waals surface area contributed by atoms with Crippen LogP contribution in [0.25, 0.3) is 71.7 Å². The van der Waals surface area contributed by atoms with Crippen molar-refractivity contribution in [2.45, 2.75) is 46.8 Å². The monoisotopic (exact) mass is 928 g/mol. The Bertz CT molecular complexity index is 2850. The van der Waals surface area contributed by atoms with E-state index < -0.39 is 13.7 Å². The van der Waals surface area contributed by atoms with Crippen LogP contribution >= 0.6 is 11.3 Å². The molecule has 0 saturated heterocycles. The molecular weight excluding hydrogens is 879 g/mol. The second-order valence-electron chi connectivity index (χ2n) is 14.7. The van der Waals surface area contributed by atoms with Crippen LogP contribution in [0.5, 0.6) is 0 Å². The van der Waals surface area contributed by atoms with Crippen molar-refractivity contribution in [3.05, 3.63) is 185 Å². The molecule has 56 heavy (non-hydrogen) atoms. The number of para-hydroxylation sites is 2. The van der Waals surface area contributed by atoms with Crippen molar-refractivity contribution < 1.29 is 28.3 Å². The van der Waals surface area contributed by atoms with Gasteiger partial charge in [-0.05, 0) is 71.4 Å². The third kappa shape index (κ3) is 7.94. The molecule has 0 aliphatic heterocycles. The molecule has 5 heteroatoms. The predicted molar refractivity (Wildman–Crippen MR) is 233 cm³/mol. The number of hydrogen-bond donors (Lipinski definition) is 0. The molecule has 0 bridgehead atoms. The van der Waals surface area contributed by atoms with Gasteiger partial charge in [0, 0.05) is 45.7 Å². The normalized spacial score (nSPS) is 13.3. The summed E-state index contributed by atoms with van der Waals surface area (Å²) in [6.45, 7) is 4.65. The minimum atomic E-state index is -2.18. The Kier molecular flexibility index (Phi) is 9.25. The molecule has 0 aliphatic carbocycles. The molecule has 0 N–H and O–H groups in total. The molecule has 3 heterocycles. The molecule has 1 radical (unpaired) electrons. The second-order valence-corrected chi connectivity index (χ2v) is 15.5. The zero-order valence-electron chi connectivity index (χ0n) is 37.5. The molecular formula is C51H43IrN3S-2. The van der Waals surface area contributed by atoms with Crippen LogP contribution in [0.3, 0.4) is 0 Å². The Labute approximate surface area is 356 Å². The first kappa shape index (κ1) is 31.7. The van der Waals surface area contributed by atoms with Gasteiger partial charge in [0.2, 0.25) is 0 Å². The van der Waals surface area contributed by atoms with Crippen LogP contribution in [0.1, 0.15) is 51.2 Å². The van der Waals surface area contributed by atoms with E-state index in [4.69, 9.17) is 13.2 Å². The van der Waals surface area contributed by atoms with Crippen LogP contribution in [-0.4, -0.2) is 14.5 Å². The van der Waals surface area contributed by atoms with Crippen LogP contribution < -0.4 is 0 Å². The first-order valence-corrected chi connectivity index (χ1v) is 19.1. The Morgan fingerprint density at radius 1 is 0.696 bits per heavy atom. The fourth-order valence-corrected chi connectivity index (χ4v) is 7.68. The molecule has 3 aromatic heterocycles. The quantitative estimate of drug-likeness (QED) is 0.161. The van der Waals surface area contributed by atoms with Crippen molar-refractivity contribution in [3.63, 3.8) is 0 Å². The van der Waals surface area contributed by atoms with Gasteiger partial charge in [-0.1, -0.05) is 146 Å². The third-order valence-electron chi connectivity index (χ3n) is 9.66. The fraction of sp³-hybridized carbons (Fsp3) is 0.137. The first-order valence-electron chi connectivity index (χ1n) is 21.2.